The summed E-state index contributed by atoms with van der Waals surface area (Å²) < 4.78 is 5.15. The Morgan fingerprint density at radius 3 is 2.70 bits per heavy atom. The van der Waals surface area contributed by atoms with E-state index in [1.54, 1.807) is 30.3 Å². The van der Waals surface area contributed by atoms with Crippen LogP contribution in [0.4, 0.5) is 0 Å². The number of furan rings is 1. The average Bonchev–Trinajstić information content (AvgIpc) is 2.98. The number of benzene rings is 1. The lowest BCUT2D eigenvalue weighted by Gasteiger charge is -2.14. The van der Waals surface area contributed by atoms with Crippen molar-refractivity contribution in [2.45, 2.75) is 18.9 Å². The van der Waals surface area contributed by atoms with Gasteiger partial charge >= 0.3 is 0 Å². The summed E-state index contributed by atoms with van der Waals surface area (Å²) in [7, 11) is 0. The number of carbonyl (C=O) groups excluding carboxylic acids is 1. The Labute approximate surface area is 116 Å². The van der Waals surface area contributed by atoms with Gasteiger partial charge in [0.2, 0.25) is 5.91 Å². The van der Waals surface area contributed by atoms with Gasteiger partial charge in [0.1, 0.15) is 17.6 Å². The molecule has 0 spiro atoms. The second-order valence-electron chi connectivity index (χ2n) is 4.45. The molecule has 5 heteroatoms. The van der Waals surface area contributed by atoms with Crippen molar-refractivity contribution in [2.75, 3.05) is 6.61 Å². The van der Waals surface area contributed by atoms with Crippen LogP contribution in [0, 0.1) is 0 Å². The van der Waals surface area contributed by atoms with Crippen molar-refractivity contribution in [1.82, 2.24) is 5.32 Å². The zero-order valence-electron chi connectivity index (χ0n) is 11.0. The van der Waals surface area contributed by atoms with Crippen LogP contribution in [0.1, 0.15) is 23.8 Å². The van der Waals surface area contributed by atoms with Crippen LogP contribution in [-0.4, -0.2) is 22.7 Å². The highest BCUT2D eigenvalue weighted by molar-refractivity contribution is 5.76. The van der Waals surface area contributed by atoms with E-state index in [2.05, 4.69) is 5.32 Å². The van der Waals surface area contributed by atoms with Crippen molar-refractivity contribution < 1.29 is 19.4 Å². The van der Waals surface area contributed by atoms with Gasteiger partial charge in [-0.3, -0.25) is 4.79 Å². The highest BCUT2D eigenvalue weighted by atomic mass is 16.3. The summed E-state index contributed by atoms with van der Waals surface area (Å²) in [5.41, 5.74) is 0.723. The van der Waals surface area contributed by atoms with Gasteiger partial charge in [-0.2, -0.15) is 0 Å². The number of hydrogen-bond acceptors (Lipinski definition) is 4. The second kappa shape index (κ2) is 6.77. The quantitative estimate of drug-likeness (QED) is 0.750. The maximum atomic E-state index is 11.8. The summed E-state index contributed by atoms with van der Waals surface area (Å²) in [5, 5.41) is 21.6. The predicted molar refractivity (Wildman–Crippen MR) is 73.1 cm³/mol. The first-order valence-electron chi connectivity index (χ1n) is 6.41. The lowest BCUT2D eigenvalue weighted by Crippen LogP contribution is -2.30. The molecule has 1 atom stereocenters. The molecular formula is C15H17NO4. The van der Waals surface area contributed by atoms with Crippen LogP contribution in [0.2, 0.25) is 0 Å². The minimum atomic E-state index is -0.540. The van der Waals surface area contributed by atoms with Gasteiger partial charge in [-0.05, 0) is 30.2 Å². The third-order valence-electron chi connectivity index (χ3n) is 3.02. The first-order chi connectivity index (χ1) is 9.70. The van der Waals surface area contributed by atoms with E-state index in [4.69, 9.17) is 4.42 Å². The fraction of sp³-hybridized carbons (Fsp3) is 0.267. The molecule has 0 saturated carbocycles. The summed E-state index contributed by atoms with van der Waals surface area (Å²) >= 11 is 0. The van der Waals surface area contributed by atoms with Crippen LogP contribution in [-0.2, 0) is 11.2 Å². The van der Waals surface area contributed by atoms with Crippen molar-refractivity contribution in [2.24, 2.45) is 0 Å². The Hall–Kier alpha value is -2.27. The molecule has 20 heavy (non-hydrogen) atoms. The Morgan fingerprint density at radius 2 is 2.05 bits per heavy atom. The largest absolute Gasteiger partial charge is 0.508 e. The topological polar surface area (TPSA) is 82.7 Å². The number of phenolic OH excluding ortho intramolecular Hbond substituents is 1. The number of nitrogens with one attached hydrogen (secondary N) is 1. The van der Waals surface area contributed by atoms with Crippen LogP contribution < -0.4 is 5.32 Å². The van der Waals surface area contributed by atoms with Gasteiger partial charge in [0.25, 0.3) is 0 Å². The van der Waals surface area contributed by atoms with Gasteiger partial charge in [0.15, 0.2) is 0 Å². The molecular weight excluding hydrogens is 258 g/mol. The number of rotatable bonds is 6. The summed E-state index contributed by atoms with van der Waals surface area (Å²) in [6.45, 7) is -0.226. The van der Waals surface area contributed by atoms with Crippen molar-refractivity contribution in [3.8, 4) is 5.75 Å². The molecule has 3 N–H and O–H groups in total. The smallest absolute Gasteiger partial charge is 0.220 e. The van der Waals surface area contributed by atoms with Gasteiger partial charge in [-0.25, -0.2) is 0 Å². The fourth-order valence-corrected chi connectivity index (χ4v) is 1.93. The first-order valence-corrected chi connectivity index (χ1v) is 6.41. The Morgan fingerprint density at radius 1 is 1.25 bits per heavy atom. The van der Waals surface area contributed by atoms with E-state index in [9.17, 15) is 15.0 Å². The van der Waals surface area contributed by atoms with E-state index in [0.29, 0.717) is 12.2 Å². The molecule has 0 aliphatic heterocycles. The molecule has 0 radical (unpaired) electrons. The number of amides is 1. The van der Waals surface area contributed by atoms with Crippen molar-refractivity contribution in [3.05, 3.63) is 54.0 Å². The molecule has 1 amide bonds. The summed E-state index contributed by atoms with van der Waals surface area (Å²) in [5.74, 6) is 0.497. The normalized spacial score (nSPS) is 12.1. The number of carbonyl (C=O) groups is 1. The highest BCUT2D eigenvalue weighted by Gasteiger charge is 2.16. The molecule has 0 aliphatic rings. The maximum Gasteiger partial charge on any atom is 0.220 e. The monoisotopic (exact) mass is 275 g/mol. The molecule has 0 fully saturated rings. The van der Waals surface area contributed by atoms with E-state index in [1.165, 1.54) is 6.26 Å². The number of hydrogen-bond donors (Lipinski definition) is 3. The number of phenols is 1. The molecule has 2 aromatic rings. The lowest BCUT2D eigenvalue weighted by molar-refractivity contribution is -0.122. The number of para-hydroxylation sites is 1. The number of aryl methyl sites for hydroxylation is 1. The molecule has 1 heterocycles. The Bertz CT molecular complexity index is 551. The average molecular weight is 275 g/mol. The minimum absolute atomic E-state index is 0.185. The van der Waals surface area contributed by atoms with Crippen molar-refractivity contribution in [3.63, 3.8) is 0 Å². The summed E-state index contributed by atoms with van der Waals surface area (Å²) in [6, 6.07) is 9.77. The minimum Gasteiger partial charge on any atom is -0.508 e. The number of aliphatic hydroxyl groups is 1. The highest BCUT2D eigenvalue weighted by Crippen LogP contribution is 2.18. The van der Waals surface area contributed by atoms with Gasteiger partial charge in [-0.15, -0.1) is 0 Å². The SMILES string of the molecule is O=C(CCc1ccccc1O)NC(CO)c1ccco1. The van der Waals surface area contributed by atoms with Crippen LogP contribution >= 0.6 is 0 Å². The standard InChI is InChI=1S/C15H17NO4/c17-10-12(14-6-3-9-20-14)16-15(19)8-7-11-4-1-2-5-13(11)18/h1-6,9,12,17-18H,7-8,10H2,(H,16,19). The van der Waals surface area contributed by atoms with Gasteiger partial charge < -0.3 is 19.9 Å². The third kappa shape index (κ3) is 3.61. The van der Waals surface area contributed by atoms with Crippen LogP contribution in [0.5, 0.6) is 5.75 Å². The zero-order chi connectivity index (χ0) is 14.4. The molecule has 106 valence electrons. The van der Waals surface area contributed by atoms with Gasteiger partial charge in [0.05, 0.1) is 12.9 Å². The second-order valence-corrected chi connectivity index (χ2v) is 4.45. The fourth-order valence-electron chi connectivity index (χ4n) is 1.93. The van der Waals surface area contributed by atoms with E-state index in [1.807, 2.05) is 6.07 Å². The Kier molecular flexibility index (Phi) is 4.79. The maximum absolute atomic E-state index is 11.8. The third-order valence-corrected chi connectivity index (χ3v) is 3.02. The molecule has 1 unspecified atom stereocenters. The van der Waals surface area contributed by atoms with Crippen LogP contribution in [0.15, 0.2) is 47.1 Å². The first kappa shape index (κ1) is 14.1. The van der Waals surface area contributed by atoms with Crippen LogP contribution in [0.25, 0.3) is 0 Å². The van der Waals surface area contributed by atoms with E-state index in [-0.39, 0.29) is 24.7 Å². The molecule has 2 rings (SSSR count). The Balaban J connectivity index is 1.88. The van der Waals surface area contributed by atoms with Crippen LogP contribution in [0.3, 0.4) is 0 Å². The van der Waals surface area contributed by atoms with Crippen molar-refractivity contribution in [1.29, 1.82) is 0 Å². The molecule has 0 saturated heterocycles. The zero-order valence-corrected chi connectivity index (χ0v) is 11.0. The lowest BCUT2D eigenvalue weighted by atomic mass is 10.1. The van der Waals surface area contributed by atoms with E-state index >= 15 is 0 Å². The summed E-state index contributed by atoms with van der Waals surface area (Å²) in [6.07, 6.45) is 2.16. The predicted octanol–water partition coefficient (Wildman–Crippen LogP) is 1.77. The van der Waals surface area contributed by atoms with E-state index < -0.39 is 6.04 Å². The number of aromatic hydroxyl groups is 1. The number of aliphatic hydroxyl groups excluding tert-OH is 1. The molecule has 1 aromatic carbocycles. The van der Waals surface area contributed by atoms with E-state index in [0.717, 1.165) is 5.56 Å². The molecule has 1 aromatic heterocycles. The van der Waals surface area contributed by atoms with Gasteiger partial charge in [-0.1, -0.05) is 18.2 Å². The molecule has 5 nitrogen and oxygen atoms in total. The molecule has 0 bridgehead atoms. The van der Waals surface area contributed by atoms with Gasteiger partial charge in [0, 0.05) is 6.42 Å². The molecule has 0 aliphatic carbocycles. The summed E-state index contributed by atoms with van der Waals surface area (Å²) in [4.78, 5) is 11.8. The van der Waals surface area contributed by atoms with Crippen molar-refractivity contribution >= 4 is 5.91 Å².